The topological polar surface area (TPSA) is 65.1 Å². The summed E-state index contributed by atoms with van der Waals surface area (Å²) in [5.74, 6) is 1.57. The molecule has 0 saturated carbocycles. The first-order valence-electron chi connectivity index (χ1n) is 8.97. The smallest absolute Gasteiger partial charge is 0.293 e. The van der Waals surface area contributed by atoms with Crippen LogP contribution in [0.1, 0.15) is 12.5 Å². The molecular formula is C21H20BrNO5S. The number of methoxy groups -OCH3 is 1. The third-order valence-electron chi connectivity index (χ3n) is 4.07. The molecule has 0 aliphatic carbocycles. The number of carbonyl (C=O) groups excluding carboxylic acids is 2. The van der Waals surface area contributed by atoms with Crippen LogP contribution in [0.2, 0.25) is 0 Å². The van der Waals surface area contributed by atoms with E-state index in [2.05, 4.69) is 15.9 Å². The van der Waals surface area contributed by atoms with Gasteiger partial charge >= 0.3 is 0 Å². The lowest BCUT2D eigenvalue weighted by Crippen LogP contribution is -2.32. The van der Waals surface area contributed by atoms with E-state index in [0.717, 1.165) is 27.5 Å². The molecule has 1 saturated heterocycles. The normalized spacial score (nSPS) is 15.1. The SMILES string of the molecule is CCOc1ccc(/C=C2\SC(=O)N(CCOc3ccccc3OC)C2=O)cc1Br. The maximum atomic E-state index is 12.6. The average Bonchev–Trinajstić information content (AvgIpc) is 2.98. The van der Waals surface area contributed by atoms with Crippen molar-refractivity contribution in [1.29, 1.82) is 0 Å². The summed E-state index contributed by atoms with van der Waals surface area (Å²) in [7, 11) is 1.56. The van der Waals surface area contributed by atoms with Crippen LogP contribution in [-0.4, -0.2) is 42.9 Å². The van der Waals surface area contributed by atoms with Crippen LogP contribution in [0.25, 0.3) is 6.08 Å². The van der Waals surface area contributed by atoms with Gasteiger partial charge in [-0.1, -0.05) is 18.2 Å². The molecule has 1 aliphatic heterocycles. The second-order valence-corrected chi connectivity index (χ2v) is 7.80. The lowest BCUT2D eigenvalue weighted by molar-refractivity contribution is -0.123. The van der Waals surface area contributed by atoms with Gasteiger partial charge in [-0.2, -0.15) is 0 Å². The summed E-state index contributed by atoms with van der Waals surface area (Å²) in [5.41, 5.74) is 0.802. The Hall–Kier alpha value is -2.45. The molecule has 0 radical (unpaired) electrons. The van der Waals surface area contributed by atoms with E-state index in [0.29, 0.717) is 23.0 Å². The molecule has 1 aliphatic rings. The van der Waals surface area contributed by atoms with E-state index in [1.807, 2.05) is 37.3 Å². The Morgan fingerprint density at radius 1 is 1.07 bits per heavy atom. The van der Waals surface area contributed by atoms with Gasteiger partial charge in [0, 0.05) is 0 Å². The number of hydrogen-bond acceptors (Lipinski definition) is 6. The number of halogens is 1. The highest BCUT2D eigenvalue weighted by molar-refractivity contribution is 9.10. The monoisotopic (exact) mass is 477 g/mol. The number of imide groups is 1. The molecule has 1 heterocycles. The molecule has 0 unspecified atom stereocenters. The second-order valence-electron chi connectivity index (χ2n) is 5.96. The van der Waals surface area contributed by atoms with Gasteiger partial charge in [-0.25, -0.2) is 0 Å². The minimum absolute atomic E-state index is 0.160. The number of hydrogen-bond donors (Lipinski definition) is 0. The van der Waals surface area contributed by atoms with Gasteiger partial charge in [0.15, 0.2) is 11.5 Å². The van der Waals surface area contributed by atoms with Gasteiger partial charge in [0.1, 0.15) is 12.4 Å². The van der Waals surface area contributed by atoms with E-state index < -0.39 is 0 Å². The number of ether oxygens (including phenoxy) is 3. The molecule has 8 heteroatoms. The van der Waals surface area contributed by atoms with E-state index in [1.165, 1.54) is 4.90 Å². The molecule has 2 aromatic rings. The fourth-order valence-electron chi connectivity index (χ4n) is 2.71. The molecule has 2 aromatic carbocycles. The van der Waals surface area contributed by atoms with Gasteiger partial charge in [-0.15, -0.1) is 0 Å². The fourth-order valence-corrected chi connectivity index (χ4v) is 4.08. The van der Waals surface area contributed by atoms with Crippen LogP contribution < -0.4 is 14.2 Å². The number of benzene rings is 2. The number of para-hydroxylation sites is 2. The summed E-state index contributed by atoms with van der Waals surface area (Å²) < 4.78 is 17.2. The van der Waals surface area contributed by atoms with Crippen LogP contribution in [-0.2, 0) is 4.79 Å². The number of carbonyl (C=O) groups is 2. The van der Waals surface area contributed by atoms with Gasteiger partial charge in [-0.3, -0.25) is 14.5 Å². The summed E-state index contributed by atoms with van der Waals surface area (Å²) in [4.78, 5) is 26.5. The molecule has 152 valence electrons. The minimum Gasteiger partial charge on any atom is -0.493 e. The molecule has 29 heavy (non-hydrogen) atoms. The van der Waals surface area contributed by atoms with Crippen LogP contribution in [0.4, 0.5) is 4.79 Å². The Balaban J connectivity index is 1.65. The Labute approximate surface area is 181 Å². The second kappa shape index (κ2) is 9.84. The average molecular weight is 478 g/mol. The van der Waals surface area contributed by atoms with Crippen LogP contribution >= 0.6 is 27.7 Å². The lowest BCUT2D eigenvalue weighted by atomic mass is 10.2. The van der Waals surface area contributed by atoms with Crippen molar-refractivity contribution >= 4 is 44.9 Å². The molecule has 1 fully saturated rings. The molecule has 0 atom stereocenters. The number of thioether (sulfide) groups is 1. The first-order chi connectivity index (χ1) is 14.0. The van der Waals surface area contributed by atoms with Crippen molar-refractivity contribution in [2.75, 3.05) is 26.9 Å². The summed E-state index contributed by atoms with van der Waals surface area (Å²) in [6.45, 7) is 2.81. The zero-order valence-corrected chi connectivity index (χ0v) is 18.4. The highest BCUT2D eigenvalue weighted by atomic mass is 79.9. The van der Waals surface area contributed by atoms with Crippen molar-refractivity contribution in [2.45, 2.75) is 6.92 Å². The molecule has 0 aromatic heterocycles. The van der Waals surface area contributed by atoms with Crippen LogP contribution in [0.15, 0.2) is 51.8 Å². The van der Waals surface area contributed by atoms with Crippen molar-refractivity contribution in [2.24, 2.45) is 0 Å². The highest BCUT2D eigenvalue weighted by Crippen LogP contribution is 2.34. The first-order valence-corrected chi connectivity index (χ1v) is 10.6. The van der Waals surface area contributed by atoms with E-state index in [-0.39, 0.29) is 24.3 Å². The molecule has 0 spiro atoms. The maximum absolute atomic E-state index is 12.6. The Bertz CT molecular complexity index is 946. The van der Waals surface area contributed by atoms with E-state index in [1.54, 1.807) is 25.3 Å². The highest BCUT2D eigenvalue weighted by Gasteiger charge is 2.34. The molecule has 2 amide bonds. The van der Waals surface area contributed by atoms with Crippen LogP contribution in [0.3, 0.4) is 0 Å². The largest absolute Gasteiger partial charge is 0.493 e. The minimum atomic E-state index is -0.325. The third kappa shape index (κ3) is 5.13. The van der Waals surface area contributed by atoms with E-state index in [4.69, 9.17) is 14.2 Å². The van der Waals surface area contributed by atoms with Crippen LogP contribution in [0.5, 0.6) is 17.2 Å². The summed E-state index contributed by atoms with van der Waals surface area (Å²) in [6.07, 6.45) is 1.70. The van der Waals surface area contributed by atoms with Crippen molar-refractivity contribution in [3.05, 3.63) is 57.4 Å². The van der Waals surface area contributed by atoms with Crippen LogP contribution in [0, 0.1) is 0 Å². The zero-order valence-electron chi connectivity index (χ0n) is 16.0. The molecule has 3 rings (SSSR count). The van der Waals surface area contributed by atoms with Gasteiger partial charge < -0.3 is 14.2 Å². The zero-order chi connectivity index (χ0) is 20.8. The van der Waals surface area contributed by atoms with Crippen molar-refractivity contribution < 1.29 is 23.8 Å². The quantitative estimate of drug-likeness (QED) is 0.500. The summed E-state index contributed by atoms with van der Waals surface area (Å²) in [5, 5.41) is -0.310. The summed E-state index contributed by atoms with van der Waals surface area (Å²) >= 11 is 4.38. The standard InChI is InChI=1S/C21H20BrNO5S/c1-3-27-16-9-8-14(12-15(16)22)13-19-20(24)23(21(25)29-19)10-11-28-18-7-5-4-6-17(18)26-2/h4-9,12-13H,3,10-11H2,1-2H3/b19-13-. The Morgan fingerprint density at radius 3 is 2.52 bits per heavy atom. The Morgan fingerprint density at radius 2 is 1.83 bits per heavy atom. The van der Waals surface area contributed by atoms with Crippen molar-refractivity contribution in [3.8, 4) is 17.2 Å². The fraction of sp³-hybridized carbons (Fsp3) is 0.238. The predicted molar refractivity (Wildman–Crippen MR) is 116 cm³/mol. The number of amides is 2. The first kappa shape index (κ1) is 21.3. The molecular weight excluding hydrogens is 458 g/mol. The Kier molecular flexibility index (Phi) is 7.22. The van der Waals surface area contributed by atoms with Crippen molar-refractivity contribution in [3.63, 3.8) is 0 Å². The van der Waals surface area contributed by atoms with Gasteiger partial charge in [0.25, 0.3) is 11.1 Å². The van der Waals surface area contributed by atoms with Gasteiger partial charge in [0.2, 0.25) is 0 Å². The summed E-state index contributed by atoms with van der Waals surface area (Å²) in [6, 6.07) is 12.7. The van der Waals surface area contributed by atoms with Gasteiger partial charge in [0.05, 0.1) is 29.6 Å². The number of nitrogens with zero attached hydrogens (tertiary/aromatic N) is 1. The van der Waals surface area contributed by atoms with E-state index >= 15 is 0 Å². The van der Waals surface area contributed by atoms with E-state index in [9.17, 15) is 9.59 Å². The third-order valence-corrected chi connectivity index (χ3v) is 5.60. The lowest BCUT2D eigenvalue weighted by Gasteiger charge is -2.14. The molecule has 0 N–H and O–H groups in total. The molecule has 0 bridgehead atoms. The van der Waals surface area contributed by atoms with Crippen molar-refractivity contribution in [1.82, 2.24) is 4.90 Å². The number of rotatable bonds is 8. The maximum Gasteiger partial charge on any atom is 0.293 e. The molecule has 6 nitrogen and oxygen atoms in total. The predicted octanol–water partition coefficient (Wildman–Crippen LogP) is 4.97. The van der Waals surface area contributed by atoms with Gasteiger partial charge in [-0.05, 0) is 70.5 Å².